The molecule has 0 radical (unpaired) electrons. The van der Waals surface area contributed by atoms with Crippen LogP contribution in [0, 0.1) is 13.8 Å². The van der Waals surface area contributed by atoms with Crippen LogP contribution in [0.1, 0.15) is 48.4 Å². The molecular weight excluding hydrogens is 414 g/mol. The molecule has 1 amide bonds. The van der Waals surface area contributed by atoms with Gasteiger partial charge in [-0.15, -0.1) is 0 Å². The van der Waals surface area contributed by atoms with E-state index in [0.717, 1.165) is 37.2 Å². The number of nitrogens with zero attached hydrogens (tertiary/aromatic N) is 3. The van der Waals surface area contributed by atoms with Gasteiger partial charge < -0.3 is 15.5 Å². The highest BCUT2D eigenvalue weighted by molar-refractivity contribution is 5.95. The largest absolute Gasteiger partial charge is 0.368 e. The maximum atomic E-state index is 13.7. The zero-order valence-electron chi connectivity index (χ0n) is 19.7. The molecule has 3 aromatic rings. The summed E-state index contributed by atoms with van der Waals surface area (Å²) in [7, 11) is 0. The number of anilines is 1. The molecule has 2 aromatic carbocycles. The number of nitrogens with one attached hydrogen (secondary N) is 2. The molecule has 1 aliphatic carbocycles. The summed E-state index contributed by atoms with van der Waals surface area (Å²) in [6.45, 7) is 9.92. The summed E-state index contributed by atoms with van der Waals surface area (Å²) in [4.78, 5) is 33.4. The first-order valence-electron chi connectivity index (χ1n) is 11.8. The average Bonchev–Trinajstić information content (AvgIpc) is 3.58. The highest BCUT2D eigenvalue weighted by Gasteiger charge is 2.25. The number of fused-ring (bicyclic) bond motifs is 1. The van der Waals surface area contributed by atoms with Gasteiger partial charge in [0.05, 0.1) is 16.6 Å². The second-order valence-electron chi connectivity index (χ2n) is 9.62. The van der Waals surface area contributed by atoms with Gasteiger partial charge in [0.1, 0.15) is 5.82 Å². The summed E-state index contributed by atoms with van der Waals surface area (Å²) in [6.07, 6.45) is 2.06. The van der Waals surface area contributed by atoms with E-state index >= 15 is 0 Å². The highest BCUT2D eigenvalue weighted by atomic mass is 16.2. The van der Waals surface area contributed by atoms with Crippen LogP contribution in [0.4, 0.5) is 5.69 Å². The van der Waals surface area contributed by atoms with E-state index in [0.29, 0.717) is 40.1 Å². The maximum absolute atomic E-state index is 13.7. The molecule has 2 fully saturated rings. The van der Waals surface area contributed by atoms with Crippen LogP contribution in [-0.4, -0.2) is 46.7 Å². The first-order chi connectivity index (χ1) is 15.8. The van der Waals surface area contributed by atoms with Crippen molar-refractivity contribution in [2.75, 3.05) is 18.0 Å². The summed E-state index contributed by atoms with van der Waals surface area (Å²) >= 11 is 0. The quantitative estimate of drug-likeness (QED) is 0.645. The van der Waals surface area contributed by atoms with Crippen LogP contribution >= 0.6 is 0 Å². The Morgan fingerprint density at radius 2 is 1.79 bits per heavy atom. The standard InChI is InChI=1S/C26H31N5O2/c1-15-5-6-19(25(32)29-20-7-8-20)11-24(15)31-18(4)28-23-10-9-21(12-22(23)26(31)33)30-13-16(2)27-17(3)14-30/h5-6,9-12,16-17,20,27H,7-8,13-14H2,1-4H3,(H,29,32)/t16-,17+. The number of aryl methyl sites for hydroxylation is 2. The van der Waals surface area contributed by atoms with Gasteiger partial charge in [0, 0.05) is 42.5 Å². The van der Waals surface area contributed by atoms with E-state index in [4.69, 9.17) is 4.98 Å². The SMILES string of the molecule is Cc1ccc(C(=O)NC2CC2)cc1-n1c(C)nc2ccc(N3C[C@@H](C)N[C@@H](C)C3)cc2c1=O. The third kappa shape index (κ3) is 4.25. The van der Waals surface area contributed by atoms with Crippen molar-refractivity contribution in [3.63, 3.8) is 0 Å². The van der Waals surface area contributed by atoms with Crippen LogP contribution in [0.25, 0.3) is 16.6 Å². The van der Waals surface area contributed by atoms with E-state index in [1.165, 1.54) is 0 Å². The summed E-state index contributed by atoms with van der Waals surface area (Å²) in [5, 5.41) is 7.16. The van der Waals surface area contributed by atoms with Gasteiger partial charge >= 0.3 is 0 Å². The van der Waals surface area contributed by atoms with Crippen molar-refractivity contribution in [3.05, 3.63) is 63.7 Å². The molecule has 1 saturated carbocycles. The number of amides is 1. The number of piperazine rings is 1. The van der Waals surface area contributed by atoms with E-state index < -0.39 is 0 Å². The predicted molar refractivity (Wildman–Crippen MR) is 132 cm³/mol. The Kier molecular flexibility index (Phi) is 5.44. The molecule has 1 aliphatic heterocycles. The molecule has 1 saturated heterocycles. The number of hydrogen-bond donors (Lipinski definition) is 2. The van der Waals surface area contributed by atoms with Crippen molar-refractivity contribution in [2.24, 2.45) is 0 Å². The van der Waals surface area contributed by atoms with Gasteiger partial charge in [0.15, 0.2) is 0 Å². The van der Waals surface area contributed by atoms with E-state index in [1.807, 2.05) is 38.1 Å². The molecule has 1 aromatic heterocycles. The Hall–Kier alpha value is -3.19. The topological polar surface area (TPSA) is 79.3 Å². The Morgan fingerprint density at radius 3 is 2.48 bits per heavy atom. The first kappa shape index (κ1) is 21.6. The van der Waals surface area contributed by atoms with Crippen LogP contribution in [0.3, 0.4) is 0 Å². The summed E-state index contributed by atoms with van der Waals surface area (Å²) in [6, 6.07) is 12.5. The van der Waals surface area contributed by atoms with Gasteiger partial charge in [0.2, 0.25) is 0 Å². The molecule has 0 spiro atoms. The molecular formula is C26H31N5O2. The van der Waals surface area contributed by atoms with Crippen molar-refractivity contribution in [2.45, 2.75) is 58.7 Å². The van der Waals surface area contributed by atoms with Gasteiger partial charge in [-0.3, -0.25) is 14.2 Å². The average molecular weight is 446 g/mol. The minimum atomic E-state index is -0.113. The fourth-order valence-corrected chi connectivity index (χ4v) is 4.79. The lowest BCUT2D eigenvalue weighted by molar-refractivity contribution is 0.0951. The third-order valence-corrected chi connectivity index (χ3v) is 6.57. The van der Waals surface area contributed by atoms with Crippen molar-refractivity contribution in [1.82, 2.24) is 20.2 Å². The Morgan fingerprint density at radius 1 is 1.06 bits per heavy atom. The van der Waals surface area contributed by atoms with E-state index in [1.54, 1.807) is 10.6 Å². The van der Waals surface area contributed by atoms with E-state index in [-0.39, 0.29) is 17.5 Å². The number of hydrogen-bond acceptors (Lipinski definition) is 5. The maximum Gasteiger partial charge on any atom is 0.266 e. The molecule has 2 heterocycles. The zero-order valence-corrected chi connectivity index (χ0v) is 19.7. The monoisotopic (exact) mass is 445 g/mol. The van der Waals surface area contributed by atoms with Gasteiger partial charge in [0.25, 0.3) is 11.5 Å². The van der Waals surface area contributed by atoms with Gasteiger partial charge in [-0.1, -0.05) is 6.07 Å². The summed E-state index contributed by atoms with van der Waals surface area (Å²) < 4.78 is 1.64. The molecule has 7 nitrogen and oxygen atoms in total. The number of aromatic nitrogens is 2. The Labute approximate surface area is 193 Å². The molecule has 33 heavy (non-hydrogen) atoms. The van der Waals surface area contributed by atoms with Crippen molar-refractivity contribution in [3.8, 4) is 5.69 Å². The Bertz CT molecular complexity index is 1280. The van der Waals surface area contributed by atoms with Crippen LogP contribution in [0.15, 0.2) is 41.2 Å². The molecule has 172 valence electrons. The van der Waals surface area contributed by atoms with Crippen LogP contribution in [-0.2, 0) is 0 Å². The third-order valence-electron chi connectivity index (χ3n) is 6.57. The van der Waals surface area contributed by atoms with Crippen molar-refractivity contribution in [1.29, 1.82) is 0 Å². The molecule has 5 rings (SSSR count). The predicted octanol–water partition coefficient (Wildman–Crippen LogP) is 3.08. The number of carbonyl (C=O) groups is 1. The van der Waals surface area contributed by atoms with E-state index in [2.05, 4.69) is 35.4 Å². The molecule has 2 N–H and O–H groups in total. The summed E-state index contributed by atoms with van der Waals surface area (Å²) in [5.41, 5.74) is 3.79. The number of carbonyl (C=O) groups excluding carboxylic acids is 1. The lowest BCUT2D eigenvalue weighted by Crippen LogP contribution is -2.54. The van der Waals surface area contributed by atoms with Crippen molar-refractivity contribution >= 4 is 22.5 Å². The Balaban J connectivity index is 1.59. The second kappa shape index (κ2) is 8.30. The molecule has 0 bridgehead atoms. The molecule has 2 aliphatic rings. The van der Waals surface area contributed by atoms with Crippen molar-refractivity contribution < 1.29 is 4.79 Å². The fraction of sp³-hybridized carbons (Fsp3) is 0.423. The van der Waals surface area contributed by atoms with Gasteiger partial charge in [-0.05, 0) is 76.4 Å². The van der Waals surface area contributed by atoms with Gasteiger partial charge in [-0.2, -0.15) is 0 Å². The smallest absolute Gasteiger partial charge is 0.266 e. The van der Waals surface area contributed by atoms with Crippen LogP contribution < -0.4 is 21.1 Å². The lowest BCUT2D eigenvalue weighted by Gasteiger charge is -2.37. The normalized spacial score (nSPS) is 20.8. The molecule has 7 heteroatoms. The fourth-order valence-electron chi connectivity index (χ4n) is 4.79. The first-order valence-corrected chi connectivity index (χ1v) is 11.8. The number of benzene rings is 2. The van der Waals surface area contributed by atoms with Gasteiger partial charge in [-0.25, -0.2) is 4.98 Å². The lowest BCUT2D eigenvalue weighted by atomic mass is 10.1. The van der Waals surface area contributed by atoms with Crippen LogP contribution in [0.5, 0.6) is 0 Å². The second-order valence-corrected chi connectivity index (χ2v) is 9.62. The summed E-state index contributed by atoms with van der Waals surface area (Å²) in [5.74, 6) is 0.509. The molecule has 0 unspecified atom stereocenters. The molecule has 2 atom stereocenters. The van der Waals surface area contributed by atoms with E-state index in [9.17, 15) is 9.59 Å². The van der Waals surface area contributed by atoms with Crippen LogP contribution in [0.2, 0.25) is 0 Å². The number of rotatable bonds is 4. The zero-order chi connectivity index (χ0) is 23.3. The minimum Gasteiger partial charge on any atom is -0.368 e. The minimum absolute atomic E-state index is 0.0950. The highest BCUT2D eigenvalue weighted by Crippen LogP contribution is 2.24.